The first-order chi connectivity index (χ1) is 8.88. The third-order valence-corrected chi connectivity index (χ3v) is 4.34. The Hall–Kier alpha value is -0.900. The van der Waals surface area contributed by atoms with E-state index in [0.717, 1.165) is 39.0 Å². The minimum atomic E-state index is -0.265. The second-order valence-corrected chi connectivity index (χ2v) is 6.90. The van der Waals surface area contributed by atoms with Gasteiger partial charge >= 0.3 is 0 Å². The predicted octanol–water partition coefficient (Wildman–Crippen LogP) is 1.55. The molecule has 0 atom stereocenters. The van der Waals surface area contributed by atoms with E-state index in [2.05, 4.69) is 4.90 Å². The molecule has 2 aliphatic rings. The Bertz CT molecular complexity index is 348. The van der Waals surface area contributed by atoms with Gasteiger partial charge in [-0.3, -0.25) is 14.5 Å². The van der Waals surface area contributed by atoms with Crippen molar-refractivity contribution in [1.29, 1.82) is 0 Å². The zero-order chi connectivity index (χ0) is 14.0. The van der Waals surface area contributed by atoms with Crippen molar-refractivity contribution in [3.05, 3.63) is 0 Å². The Balaban J connectivity index is 1.76. The number of hydrogen-bond acceptors (Lipinski definition) is 3. The molecule has 2 rings (SSSR count). The molecule has 19 heavy (non-hydrogen) atoms. The highest BCUT2D eigenvalue weighted by Gasteiger charge is 2.32. The molecular weight excluding hydrogens is 240 g/mol. The molecule has 1 aliphatic carbocycles. The lowest BCUT2D eigenvalue weighted by molar-refractivity contribution is -0.140. The maximum Gasteiger partial charge on any atom is 0.225 e. The first-order valence-electron chi connectivity index (χ1n) is 7.42. The van der Waals surface area contributed by atoms with Crippen LogP contribution in [0.2, 0.25) is 0 Å². The molecule has 0 aromatic heterocycles. The van der Waals surface area contributed by atoms with Gasteiger partial charge in [0.05, 0.1) is 6.54 Å². The van der Waals surface area contributed by atoms with Crippen LogP contribution in [0.25, 0.3) is 0 Å². The van der Waals surface area contributed by atoms with Gasteiger partial charge in [0, 0.05) is 37.5 Å². The molecule has 1 heterocycles. The average Bonchev–Trinajstić information content (AvgIpc) is 2.26. The molecule has 1 aliphatic heterocycles. The number of amides is 1. The maximum absolute atomic E-state index is 12.1. The van der Waals surface area contributed by atoms with Crippen molar-refractivity contribution in [2.75, 3.05) is 32.7 Å². The van der Waals surface area contributed by atoms with E-state index in [1.54, 1.807) is 0 Å². The minimum Gasteiger partial charge on any atom is -0.340 e. The molecule has 0 spiro atoms. The van der Waals surface area contributed by atoms with Crippen LogP contribution in [0.3, 0.4) is 0 Å². The summed E-state index contributed by atoms with van der Waals surface area (Å²) < 4.78 is 0. The Morgan fingerprint density at radius 3 is 2.05 bits per heavy atom. The van der Waals surface area contributed by atoms with Crippen LogP contribution in [0.5, 0.6) is 0 Å². The van der Waals surface area contributed by atoms with E-state index in [0.29, 0.717) is 18.4 Å². The summed E-state index contributed by atoms with van der Waals surface area (Å²) >= 11 is 0. The third-order valence-electron chi connectivity index (χ3n) is 4.34. The van der Waals surface area contributed by atoms with Gasteiger partial charge in [-0.2, -0.15) is 0 Å². The number of Topliss-reactive ketones (excluding diaryl/α,β-unsaturated/α-hetero) is 1. The van der Waals surface area contributed by atoms with Gasteiger partial charge < -0.3 is 4.90 Å². The lowest BCUT2D eigenvalue weighted by atomic mass is 9.84. The fourth-order valence-corrected chi connectivity index (χ4v) is 2.48. The molecule has 0 radical (unpaired) electrons. The molecule has 0 aromatic carbocycles. The van der Waals surface area contributed by atoms with Crippen molar-refractivity contribution in [3.8, 4) is 0 Å². The summed E-state index contributed by atoms with van der Waals surface area (Å²) in [6.07, 6.45) is 3.35. The SMILES string of the molecule is CC(C)(C)C(=O)CN1CCN(C(=O)C2CCC2)CC1. The van der Waals surface area contributed by atoms with E-state index in [-0.39, 0.29) is 11.2 Å². The van der Waals surface area contributed by atoms with E-state index in [1.165, 1.54) is 6.42 Å². The van der Waals surface area contributed by atoms with E-state index in [4.69, 9.17) is 0 Å². The Morgan fingerprint density at radius 1 is 1.05 bits per heavy atom. The van der Waals surface area contributed by atoms with Crippen LogP contribution in [-0.2, 0) is 9.59 Å². The molecule has 1 saturated heterocycles. The highest BCUT2D eigenvalue weighted by Crippen LogP contribution is 2.28. The summed E-state index contributed by atoms with van der Waals surface area (Å²) in [5.74, 6) is 0.919. The first-order valence-corrected chi connectivity index (χ1v) is 7.42. The third kappa shape index (κ3) is 3.56. The van der Waals surface area contributed by atoms with Crippen molar-refractivity contribution in [3.63, 3.8) is 0 Å². The molecular formula is C15H26N2O2. The molecule has 1 saturated carbocycles. The number of hydrogen-bond donors (Lipinski definition) is 0. The van der Waals surface area contributed by atoms with Crippen molar-refractivity contribution in [2.24, 2.45) is 11.3 Å². The highest BCUT2D eigenvalue weighted by molar-refractivity contribution is 5.85. The van der Waals surface area contributed by atoms with E-state index in [9.17, 15) is 9.59 Å². The molecule has 0 bridgehead atoms. The van der Waals surface area contributed by atoms with Gasteiger partial charge in [0.15, 0.2) is 5.78 Å². The topological polar surface area (TPSA) is 40.6 Å². The maximum atomic E-state index is 12.1. The summed E-state index contributed by atoms with van der Waals surface area (Å²) in [6.45, 7) is 9.65. The second-order valence-electron chi connectivity index (χ2n) is 6.90. The van der Waals surface area contributed by atoms with Crippen LogP contribution in [0, 0.1) is 11.3 Å². The normalized spacial score (nSPS) is 22.2. The van der Waals surface area contributed by atoms with Gasteiger partial charge in [-0.15, -0.1) is 0 Å². The molecule has 4 heteroatoms. The first kappa shape index (κ1) is 14.5. The van der Waals surface area contributed by atoms with Gasteiger partial charge in [-0.25, -0.2) is 0 Å². The second kappa shape index (κ2) is 5.61. The minimum absolute atomic E-state index is 0.265. The van der Waals surface area contributed by atoms with Gasteiger partial charge in [0.1, 0.15) is 0 Å². The molecule has 0 unspecified atom stereocenters. The fourth-order valence-electron chi connectivity index (χ4n) is 2.48. The molecule has 0 N–H and O–H groups in total. The van der Waals surface area contributed by atoms with Crippen LogP contribution in [0.4, 0.5) is 0 Å². The summed E-state index contributed by atoms with van der Waals surface area (Å²) in [7, 11) is 0. The van der Waals surface area contributed by atoms with Crippen molar-refractivity contribution >= 4 is 11.7 Å². The number of carbonyl (C=O) groups is 2. The molecule has 4 nitrogen and oxygen atoms in total. The monoisotopic (exact) mass is 266 g/mol. The fraction of sp³-hybridized carbons (Fsp3) is 0.867. The van der Waals surface area contributed by atoms with Gasteiger partial charge in [0.2, 0.25) is 5.91 Å². The standard InChI is InChI=1S/C15H26N2O2/c1-15(2,3)13(18)11-16-7-9-17(10-8-16)14(19)12-5-4-6-12/h12H,4-11H2,1-3H3. The van der Waals surface area contributed by atoms with Crippen LogP contribution in [-0.4, -0.2) is 54.2 Å². The summed E-state index contributed by atoms with van der Waals surface area (Å²) in [5, 5.41) is 0. The van der Waals surface area contributed by atoms with Crippen molar-refractivity contribution in [1.82, 2.24) is 9.80 Å². The van der Waals surface area contributed by atoms with Gasteiger partial charge in [-0.05, 0) is 12.8 Å². The van der Waals surface area contributed by atoms with Crippen LogP contribution in [0.15, 0.2) is 0 Å². The lowest BCUT2D eigenvalue weighted by Gasteiger charge is -2.38. The Kier molecular flexibility index (Phi) is 4.29. The number of carbonyl (C=O) groups excluding carboxylic acids is 2. The summed E-state index contributed by atoms with van der Waals surface area (Å²) in [5.41, 5.74) is -0.265. The lowest BCUT2D eigenvalue weighted by Crippen LogP contribution is -2.52. The average molecular weight is 266 g/mol. The highest BCUT2D eigenvalue weighted by atomic mass is 16.2. The van der Waals surface area contributed by atoms with Gasteiger partial charge in [-0.1, -0.05) is 27.2 Å². The van der Waals surface area contributed by atoms with Crippen molar-refractivity contribution < 1.29 is 9.59 Å². The summed E-state index contributed by atoms with van der Waals surface area (Å²) in [6, 6.07) is 0. The van der Waals surface area contributed by atoms with Gasteiger partial charge in [0.25, 0.3) is 0 Å². The van der Waals surface area contributed by atoms with Crippen LogP contribution >= 0.6 is 0 Å². The summed E-state index contributed by atoms with van der Waals surface area (Å²) in [4.78, 5) is 28.3. The largest absolute Gasteiger partial charge is 0.340 e. The van der Waals surface area contributed by atoms with E-state index in [1.807, 2.05) is 25.7 Å². The predicted molar refractivity (Wildman–Crippen MR) is 74.8 cm³/mol. The molecule has 0 aromatic rings. The zero-order valence-electron chi connectivity index (χ0n) is 12.4. The smallest absolute Gasteiger partial charge is 0.225 e. The number of rotatable bonds is 3. The number of ketones is 1. The molecule has 108 valence electrons. The zero-order valence-corrected chi connectivity index (χ0v) is 12.4. The van der Waals surface area contributed by atoms with Crippen LogP contribution in [0.1, 0.15) is 40.0 Å². The van der Waals surface area contributed by atoms with E-state index >= 15 is 0 Å². The molecule has 2 fully saturated rings. The number of nitrogens with zero attached hydrogens (tertiary/aromatic N) is 2. The Labute approximate surface area is 116 Å². The number of piperazine rings is 1. The molecule has 1 amide bonds. The Morgan fingerprint density at radius 2 is 1.63 bits per heavy atom. The van der Waals surface area contributed by atoms with E-state index < -0.39 is 0 Å². The quantitative estimate of drug-likeness (QED) is 0.778. The van der Waals surface area contributed by atoms with Crippen LogP contribution < -0.4 is 0 Å². The van der Waals surface area contributed by atoms with Crippen molar-refractivity contribution in [2.45, 2.75) is 40.0 Å².